The summed E-state index contributed by atoms with van der Waals surface area (Å²) in [4.78, 5) is 10.4. The summed E-state index contributed by atoms with van der Waals surface area (Å²) < 4.78 is 5.38. The normalized spacial score (nSPS) is 15.4. The van der Waals surface area contributed by atoms with Gasteiger partial charge in [0.05, 0.1) is 12.5 Å². The van der Waals surface area contributed by atoms with Crippen LogP contribution in [0.25, 0.3) is 0 Å². The van der Waals surface area contributed by atoms with Gasteiger partial charge in [0.1, 0.15) is 12.4 Å². The van der Waals surface area contributed by atoms with E-state index in [9.17, 15) is 9.90 Å². The zero-order valence-electron chi connectivity index (χ0n) is 9.56. The SMILES string of the molecule is O=C(O)CC(O)COc1ccc2c(c1)CCC2. The third-order valence-corrected chi connectivity index (χ3v) is 2.92. The van der Waals surface area contributed by atoms with Crippen LogP contribution in [0, 0.1) is 0 Å². The zero-order valence-corrected chi connectivity index (χ0v) is 9.56. The van der Waals surface area contributed by atoms with Crippen LogP contribution in [0.15, 0.2) is 18.2 Å². The molecular formula is C13H16O4. The molecule has 17 heavy (non-hydrogen) atoms. The highest BCUT2D eigenvalue weighted by atomic mass is 16.5. The number of carbonyl (C=O) groups is 1. The van der Waals surface area contributed by atoms with Crippen molar-refractivity contribution in [3.05, 3.63) is 29.3 Å². The van der Waals surface area contributed by atoms with Crippen molar-refractivity contribution < 1.29 is 19.7 Å². The molecule has 0 amide bonds. The Hall–Kier alpha value is -1.55. The van der Waals surface area contributed by atoms with Crippen LogP contribution in [0.4, 0.5) is 0 Å². The van der Waals surface area contributed by atoms with E-state index in [2.05, 4.69) is 0 Å². The van der Waals surface area contributed by atoms with Gasteiger partial charge in [-0.2, -0.15) is 0 Å². The number of fused-ring (bicyclic) bond motifs is 1. The van der Waals surface area contributed by atoms with E-state index in [0.29, 0.717) is 5.75 Å². The summed E-state index contributed by atoms with van der Waals surface area (Å²) in [6, 6.07) is 5.90. The number of rotatable bonds is 5. The van der Waals surface area contributed by atoms with Gasteiger partial charge in [-0.05, 0) is 42.5 Å². The van der Waals surface area contributed by atoms with Crippen molar-refractivity contribution in [2.75, 3.05) is 6.61 Å². The van der Waals surface area contributed by atoms with Gasteiger partial charge in [-0.15, -0.1) is 0 Å². The molecule has 0 bridgehead atoms. The lowest BCUT2D eigenvalue weighted by Crippen LogP contribution is -2.21. The minimum atomic E-state index is -1.02. The number of aryl methyl sites for hydroxylation is 2. The Labute approximate surface area is 99.8 Å². The maximum Gasteiger partial charge on any atom is 0.306 e. The molecule has 0 saturated heterocycles. The second kappa shape index (κ2) is 5.19. The number of aliphatic hydroxyl groups is 1. The number of carboxylic acids is 1. The Morgan fingerprint density at radius 2 is 2.12 bits per heavy atom. The summed E-state index contributed by atoms with van der Waals surface area (Å²) in [5.74, 6) is -0.315. The number of hydrogen-bond donors (Lipinski definition) is 2. The lowest BCUT2D eigenvalue weighted by atomic mass is 10.1. The van der Waals surface area contributed by atoms with Crippen LogP contribution < -0.4 is 4.74 Å². The Balaban J connectivity index is 1.89. The van der Waals surface area contributed by atoms with Crippen molar-refractivity contribution in [2.45, 2.75) is 31.8 Å². The summed E-state index contributed by atoms with van der Waals surface area (Å²) >= 11 is 0. The summed E-state index contributed by atoms with van der Waals surface area (Å²) in [7, 11) is 0. The Kier molecular flexibility index (Phi) is 3.64. The molecule has 1 aromatic carbocycles. The van der Waals surface area contributed by atoms with E-state index < -0.39 is 12.1 Å². The first-order chi connectivity index (χ1) is 8.15. The van der Waals surface area contributed by atoms with Gasteiger partial charge in [0.2, 0.25) is 0 Å². The van der Waals surface area contributed by atoms with Gasteiger partial charge in [-0.25, -0.2) is 0 Å². The highest BCUT2D eigenvalue weighted by Gasteiger charge is 2.13. The lowest BCUT2D eigenvalue weighted by Gasteiger charge is -2.11. The number of benzene rings is 1. The fourth-order valence-corrected chi connectivity index (χ4v) is 2.09. The minimum Gasteiger partial charge on any atom is -0.491 e. The zero-order chi connectivity index (χ0) is 12.3. The predicted octanol–water partition coefficient (Wildman–Crippen LogP) is 1.39. The van der Waals surface area contributed by atoms with E-state index >= 15 is 0 Å². The molecular weight excluding hydrogens is 220 g/mol. The lowest BCUT2D eigenvalue weighted by molar-refractivity contribution is -0.139. The fourth-order valence-electron chi connectivity index (χ4n) is 2.09. The summed E-state index contributed by atoms with van der Waals surface area (Å²) in [6.07, 6.45) is 2.13. The van der Waals surface area contributed by atoms with E-state index in [1.165, 1.54) is 17.5 Å². The fraction of sp³-hybridized carbons (Fsp3) is 0.462. The first-order valence-corrected chi connectivity index (χ1v) is 5.79. The first-order valence-electron chi connectivity index (χ1n) is 5.79. The van der Waals surface area contributed by atoms with Gasteiger partial charge in [-0.1, -0.05) is 6.07 Å². The van der Waals surface area contributed by atoms with Crippen LogP contribution >= 0.6 is 0 Å². The van der Waals surface area contributed by atoms with Gasteiger partial charge in [0.15, 0.2) is 0 Å². The van der Waals surface area contributed by atoms with Gasteiger partial charge in [-0.3, -0.25) is 4.79 Å². The van der Waals surface area contributed by atoms with Crippen LogP contribution in [0.5, 0.6) is 5.75 Å². The van der Waals surface area contributed by atoms with Crippen LogP contribution in [0.1, 0.15) is 24.0 Å². The smallest absolute Gasteiger partial charge is 0.306 e. The van der Waals surface area contributed by atoms with E-state index in [-0.39, 0.29) is 13.0 Å². The molecule has 0 heterocycles. The second-order valence-electron chi connectivity index (χ2n) is 4.35. The molecule has 1 aliphatic carbocycles. The molecule has 0 aliphatic heterocycles. The van der Waals surface area contributed by atoms with Crippen molar-refractivity contribution in [2.24, 2.45) is 0 Å². The third-order valence-electron chi connectivity index (χ3n) is 2.92. The topological polar surface area (TPSA) is 66.8 Å². The van der Waals surface area contributed by atoms with Crippen LogP contribution in [-0.4, -0.2) is 28.9 Å². The minimum absolute atomic E-state index is 0.0189. The molecule has 1 aliphatic rings. The molecule has 2 N–H and O–H groups in total. The van der Waals surface area contributed by atoms with Crippen LogP contribution in [0.2, 0.25) is 0 Å². The monoisotopic (exact) mass is 236 g/mol. The third kappa shape index (κ3) is 3.20. The standard InChI is InChI=1S/C13H16O4/c14-11(7-13(15)16)8-17-12-5-4-9-2-1-3-10(9)6-12/h4-6,11,14H,1-3,7-8H2,(H,15,16). The average Bonchev–Trinajstić information content (AvgIpc) is 2.72. The molecule has 1 unspecified atom stereocenters. The van der Waals surface area contributed by atoms with E-state index in [4.69, 9.17) is 9.84 Å². The molecule has 0 fully saturated rings. The predicted molar refractivity (Wildman–Crippen MR) is 62.2 cm³/mol. The van der Waals surface area contributed by atoms with E-state index in [1.807, 2.05) is 18.2 Å². The number of aliphatic hydroxyl groups excluding tert-OH is 1. The van der Waals surface area contributed by atoms with Crippen molar-refractivity contribution in [3.63, 3.8) is 0 Å². The highest BCUT2D eigenvalue weighted by Crippen LogP contribution is 2.26. The van der Waals surface area contributed by atoms with Crippen LogP contribution in [-0.2, 0) is 17.6 Å². The van der Waals surface area contributed by atoms with Crippen molar-refractivity contribution >= 4 is 5.97 Å². The Morgan fingerprint density at radius 3 is 2.88 bits per heavy atom. The summed E-state index contributed by atoms with van der Waals surface area (Å²) in [5.41, 5.74) is 2.67. The quantitative estimate of drug-likeness (QED) is 0.810. The van der Waals surface area contributed by atoms with Crippen molar-refractivity contribution in [3.8, 4) is 5.75 Å². The van der Waals surface area contributed by atoms with E-state index in [0.717, 1.165) is 12.8 Å². The Morgan fingerprint density at radius 1 is 1.35 bits per heavy atom. The maximum absolute atomic E-state index is 10.4. The van der Waals surface area contributed by atoms with Gasteiger partial charge < -0.3 is 14.9 Å². The number of hydrogen-bond acceptors (Lipinski definition) is 3. The second-order valence-corrected chi connectivity index (χ2v) is 4.35. The molecule has 0 spiro atoms. The first kappa shape index (κ1) is 11.9. The molecule has 0 aromatic heterocycles. The maximum atomic E-state index is 10.4. The van der Waals surface area contributed by atoms with Gasteiger partial charge in [0, 0.05) is 0 Å². The molecule has 92 valence electrons. The molecule has 4 heteroatoms. The number of aliphatic carboxylic acids is 1. The largest absolute Gasteiger partial charge is 0.491 e. The molecule has 4 nitrogen and oxygen atoms in total. The highest BCUT2D eigenvalue weighted by molar-refractivity contribution is 5.67. The van der Waals surface area contributed by atoms with Gasteiger partial charge in [0.25, 0.3) is 0 Å². The number of ether oxygens (including phenoxy) is 1. The summed E-state index contributed by atoms with van der Waals surface area (Å²) in [5, 5.41) is 17.9. The summed E-state index contributed by atoms with van der Waals surface area (Å²) in [6.45, 7) is 0.0189. The molecule has 1 atom stereocenters. The Bertz CT molecular complexity index is 414. The number of carboxylic acid groups (broad SMARTS) is 1. The van der Waals surface area contributed by atoms with E-state index in [1.54, 1.807) is 0 Å². The molecule has 0 radical (unpaired) electrons. The van der Waals surface area contributed by atoms with Crippen molar-refractivity contribution in [1.82, 2.24) is 0 Å². The van der Waals surface area contributed by atoms with Crippen molar-refractivity contribution in [1.29, 1.82) is 0 Å². The molecule has 2 rings (SSSR count). The van der Waals surface area contributed by atoms with Crippen LogP contribution in [0.3, 0.4) is 0 Å². The average molecular weight is 236 g/mol. The van der Waals surface area contributed by atoms with Gasteiger partial charge >= 0.3 is 5.97 Å². The molecule has 1 aromatic rings. The molecule has 0 saturated carbocycles.